The Morgan fingerprint density at radius 3 is 0.893 bits per heavy atom. The van der Waals surface area contributed by atoms with Crippen molar-refractivity contribution in [3.63, 3.8) is 0 Å². The normalized spacial score (nSPS) is 19.9. The molecule has 8 aromatic rings. The molecule has 4 aliphatic rings. The molecule has 39 heteroatoms. The van der Waals surface area contributed by atoms with Crippen molar-refractivity contribution in [3.05, 3.63) is 225 Å². The number of carbonyl (C=O) groups excluding carboxylic acids is 9. The van der Waals surface area contributed by atoms with Gasteiger partial charge in [0.1, 0.15) is 46.1 Å². The molecule has 704 valence electrons. The van der Waals surface area contributed by atoms with Crippen molar-refractivity contribution >= 4 is 93.9 Å². The Bertz CT molecular complexity index is 5300. The van der Waals surface area contributed by atoms with Gasteiger partial charge >= 0.3 is 59.5 Å². The summed E-state index contributed by atoms with van der Waals surface area (Å²) in [5.74, 6) is -25.7. The molecule has 4 aliphatic heterocycles. The Morgan fingerprint density at radius 2 is 0.634 bits per heavy atom. The molecule has 4 fully saturated rings. The highest BCUT2D eigenvalue weighted by molar-refractivity contribution is 6.41. The quantitative estimate of drug-likeness (QED) is 0.0466. The Labute approximate surface area is 748 Å². The van der Waals surface area contributed by atoms with E-state index in [-0.39, 0.29) is 67.5 Å². The van der Waals surface area contributed by atoms with Gasteiger partial charge < -0.3 is 55.9 Å². The Balaban J connectivity index is 0.000000206. The third-order valence-electron chi connectivity index (χ3n) is 21.7. The average Bonchev–Trinajstić information content (AvgIpc) is 0.781. The number of anilines is 6. The molecule has 4 aromatic carbocycles. The zero-order chi connectivity index (χ0) is 97.5. The highest BCUT2D eigenvalue weighted by Gasteiger charge is 2.52. The third kappa shape index (κ3) is 29.2. The van der Waals surface area contributed by atoms with Crippen LogP contribution < -0.4 is 37.2 Å². The van der Waals surface area contributed by atoms with Crippen LogP contribution in [0.25, 0.3) is 0 Å². The topological polar surface area (TPSA) is 355 Å². The molecule has 0 aliphatic carbocycles. The second-order valence-corrected chi connectivity index (χ2v) is 34.5. The first-order valence-electron chi connectivity index (χ1n) is 41.4. The van der Waals surface area contributed by atoms with Crippen LogP contribution >= 0.6 is 0 Å². The number of likely N-dealkylation sites (tertiary alicyclic amines) is 3. The maximum Gasteiger partial charge on any atom is 0.413 e. The van der Waals surface area contributed by atoms with E-state index in [9.17, 15) is 101 Å². The highest BCUT2D eigenvalue weighted by atomic mass is 19.3. The molecule has 4 saturated heterocycles. The van der Waals surface area contributed by atoms with Crippen molar-refractivity contribution in [3.8, 4) is 0 Å². The summed E-state index contributed by atoms with van der Waals surface area (Å²) in [6, 6.07) is 23.4. The van der Waals surface area contributed by atoms with E-state index in [4.69, 9.17) is 14.6 Å². The molecular weight excluding hydrogens is 1740 g/mol. The fraction of sp³-hybridized carbons (Fsp3) is 0.413. The number of aromatic nitrogens is 4. The fourth-order valence-corrected chi connectivity index (χ4v) is 13.8. The minimum Gasteiger partial charge on any atom is -0.474 e. The molecule has 27 nitrogen and oxygen atoms in total. The molecule has 131 heavy (non-hydrogen) atoms. The first-order valence-corrected chi connectivity index (χ1v) is 41.4. The monoisotopic (exact) mass is 1840 g/mol. The number of carbonyl (C=O) groups is 10. The largest absolute Gasteiger partial charge is 0.474 e. The van der Waals surface area contributed by atoms with Crippen molar-refractivity contribution in [1.29, 1.82) is 0 Å². The summed E-state index contributed by atoms with van der Waals surface area (Å²) in [6.45, 7) is 25.8. The first-order chi connectivity index (χ1) is 60.9. The molecule has 9 amide bonds. The number of piperidine rings is 4. The number of halogens is 12. The van der Waals surface area contributed by atoms with Crippen LogP contribution in [0.3, 0.4) is 0 Å². The van der Waals surface area contributed by atoms with Gasteiger partial charge in [-0.05, 0) is 200 Å². The number of carboxylic acids is 1. The number of hydrogen-bond acceptors (Lipinski definition) is 17. The van der Waals surface area contributed by atoms with Crippen molar-refractivity contribution in [2.24, 2.45) is 23.7 Å². The molecule has 12 rings (SSSR count). The summed E-state index contributed by atoms with van der Waals surface area (Å²) in [6.07, 6.45) is 1.80. The van der Waals surface area contributed by atoms with Crippen LogP contribution in [-0.2, 0) is 47.8 Å². The number of hydrogen-bond donors (Lipinski definition) is 8. The molecule has 0 bridgehead atoms. The minimum atomic E-state index is -3.07. The van der Waals surface area contributed by atoms with Gasteiger partial charge in [-0.15, -0.1) is 0 Å². The van der Waals surface area contributed by atoms with Gasteiger partial charge in [-0.3, -0.25) is 54.2 Å². The van der Waals surface area contributed by atoms with Gasteiger partial charge in [-0.1, -0.05) is 76.2 Å². The van der Waals surface area contributed by atoms with E-state index >= 15 is 0 Å². The van der Waals surface area contributed by atoms with Gasteiger partial charge in [0.25, 0.3) is 23.7 Å². The molecular formula is C92H104F12N14O13. The Hall–Kier alpha value is -13.1. The third-order valence-corrected chi connectivity index (χ3v) is 21.7. The number of pyridine rings is 4. The standard InChI is InChI=1S/C25H29F3N4O4.2C21H22F3N3O2.C13H17N3O5.C12H14F3N/c1-14-10-18(12-29-20(14)31-23(35)36-24(3,4)5)30-21(33)22(34)32-13-15(2)25(27,28)11-19(32)16-6-8-17(26)9-7-16;2*1-12-8-17(10-25-14(12)3)26-19(28)20(29)27-11-13(2)21(23,24)9-18(27)15-4-6-16(22)7-5-15;1-7-5-8(15-10(17)11(18)19)6-14-9(7)16-12(20)21-13(2,3)4;1-8-7-16-11(6-12(8,14)15)9-2-4-10(13)5-3-9/h6-10,12,15,19H,11,13H2,1-5H3,(H,30,33)(H,29,31,35);2*4-8,10,13,18H,9,11H2,1-3H3,(H,26,28);5-6H,1-4H3,(H,15,17)(H,18,19)(H,14,16,20);2-5,8,11,16H,6-7H2,1H3/t15-,19-;2*13-,18-;;8-,11-/m010.0/s1. The molecule has 0 unspecified atom stereocenters. The number of nitrogens with zero attached hydrogens (tertiary/aromatic N) is 7. The van der Waals surface area contributed by atoms with Crippen LogP contribution in [0.5, 0.6) is 0 Å². The van der Waals surface area contributed by atoms with Crippen LogP contribution in [-0.4, -0.2) is 160 Å². The van der Waals surface area contributed by atoms with Crippen molar-refractivity contribution in [1.82, 2.24) is 40.0 Å². The maximum absolute atomic E-state index is 14.5. The van der Waals surface area contributed by atoms with E-state index in [1.165, 1.54) is 113 Å². The van der Waals surface area contributed by atoms with Gasteiger partial charge in [0.05, 0.1) is 65.7 Å². The van der Waals surface area contributed by atoms with Gasteiger partial charge in [-0.2, -0.15) is 0 Å². The van der Waals surface area contributed by atoms with Crippen molar-refractivity contribution in [2.45, 2.75) is 196 Å². The predicted octanol–water partition coefficient (Wildman–Crippen LogP) is 18.0. The van der Waals surface area contributed by atoms with Gasteiger partial charge in [0, 0.05) is 93.0 Å². The SMILES string of the molecule is C[C@H]1CN[C@H](c2ccc(F)cc2)CC1(F)F.Cc1cc(NC(=O)C(=O)N2C[C@@H](C)C(F)(F)C[C@@H]2c2ccc(F)cc2)cnc1C.Cc1cc(NC(=O)C(=O)N2C[C@H](C)C(F)(F)C[C@H]2c2ccc(F)cc2)cnc1C.Cc1cc(NC(=O)C(=O)N2C[C@H](C)C(F)(F)C[C@H]2c2ccc(F)cc2)cnc1NC(=O)OC(C)(C)C.Cc1cc(NC(=O)C(=O)O)cnc1NC(=O)OC(C)(C)C. The number of amides is 9. The van der Waals surface area contributed by atoms with E-state index in [0.29, 0.717) is 44.8 Å². The zero-order valence-corrected chi connectivity index (χ0v) is 74.6. The van der Waals surface area contributed by atoms with E-state index in [1.807, 2.05) is 27.7 Å². The zero-order valence-electron chi connectivity index (χ0n) is 74.6. The van der Waals surface area contributed by atoms with Crippen molar-refractivity contribution in [2.75, 3.05) is 58.1 Å². The van der Waals surface area contributed by atoms with E-state index in [1.54, 1.807) is 79.7 Å². The minimum absolute atomic E-state index is 0.175. The van der Waals surface area contributed by atoms with Crippen LogP contribution in [0.1, 0.15) is 175 Å². The van der Waals surface area contributed by atoms with Crippen LogP contribution in [0.15, 0.2) is 146 Å². The summed E-state index contributed by atoms with van der Waals surface area (Å²) >= 11 is 0. The van der Waals surface area contributed by atoms with Gasteiger partial charge in [-0.25, -0.2) is 77.0 Å². The molecule has 0 saturated carbocycles. The smallest absolute Gasteiger partial charge is 0.413 e. The lowest BCUT2D eigenvalue weighted by atomic mass is 9.86. The molecule has 0 radical (unpaired) electrons. The maximum atomic E-state index is 14.5. The second-order valence-electron chi connectivity index (χ2n) is 34.5. The summed E-state index contributed by atoms with van der Waals surface area (Å²) in [4.78, 5) is 141. The number of ether oxygens (including phenoxy) is 2. The number of nitrogens with one attached hydrogen (secondary N) is 7. The number of aryl methyl sites for hydroxylation is 6. The lowest BCUT2D eigenvalue weighted by Gasteiger charge is -2.42. The summed E-state index contributed by atoms with van der Waals surface area (Å²) in [5.41, 5.74) is 5.77. The summed E-state index contributed by atoms with van der Waals surface area (Å²) in [5, 5.41) is 26.1. The molecule has 4 aromatic heterocycles. The van der Waals surface area contributed by atoms with E-state index < -0.39 is 173 Å². The predicted molar refractivity (Wildman–Crippen MR) is 462 cm³/mol. The lowest BCUT2D eigenvalue weighted by Crippen LogP contribution is -2.52. The van der Waals surface area contributed by atoms with Gasteiger partial charge in [0.15, 0.2) is 0 Å². The first kappa shape index (κ1) is 103. The second kappa shape index (κ2) is 43.1. The summed E-state index contributed by atoms with van der Waals surface area (Å²) < 4.78 is 176. The fourth-order valence-electron chi connectivity index (χ4n) is 13.8. The van der Waals surface area contributed by atoms with E-state index in [0.717, 1.165) is 73.6 Å². The highest BCUT2D eigenvalue weighted by Crippen LogP contribution is 2.47. The number of aliphatic carboxylic acids is 1. The number of alkyl halides is 8. The molecule has 0 spiro atoms. The van der Waals surface area contributed by atoms with Crippen LogP contribution in [0, 0.1) is 88.5 Å². The molecule has 8 atom stereocenters. The van der Waals surface area contributed by atoms with E-state index in [2.05, 4.69) is 57.2 Å². The number of rotatable bonds is 10. The summed E-state index contributed by atoms with van der Waals surface area (Å²) in [7, 11) is 0. The van der Waals surface area contributed by atoms with Crippen LogP contribution in [0.2, 0.25) is 0 Å². The Morgan fingerprint density at radius 1 is 0.374 bits per heavy atom. The molecule has 8 heterocycles. The average molecular weight is 1840 g/mol. The van der Waals surface area contributed by atoms with Crippen LogP contribution in [0.4, 0.5) is 96.7 Å². The van der Waals surface area contributed by atoms with Crippen molar-refractivity contribution < 1.29 is 115 Å². The molecule has 8 N–H and O–H groups in total. The van der Waals surface area contributed by atoms with Gasteiger partial charge in [0.2, 0.25) is 0 Å². The Kier molecular flexibility index (Phi) is 34.0. The lowest BCUT2D eigenvalue weighted by molar-refractivity contribution is -0.159. The number of benzene rings is 4. The number of carboxylic acid groups (broad SMARTS) is 1.